The smallest absolute Gasteiger partial charge is 0.252 e. The molecular formula is C14H15N3O2. The molecule has 19 heavy (non-hydrogen) atoms. The minimum atomic E-state index is -0.519. The average Bonchev–Trinajstić information content (AvgIpc) is 2.40. The van der Waals surface area contributed by atoms with Gasteiger partial charge in [-0.05, 0) is 30.8 Å². The Kier molecular flexibility index (Phi) is 4.10. The molecule has 98 valence electrons. The maximum atomic E-state index is 11.3. The molecule has 1 aromatic heterocycles. The van der Waals surface area contributed by atoms with E-state index in [9.17, 15) is 4.79 Å². The standard InChI is InChI=1S/C14H15N3O2/c1-16-7-10-6-11(9-17-8-10)19-13-5-3-2-4-12(13)14(15)18/h2-6,8-9,16H,7H2,1H3,(H2,15,18). The number of hydrogen-bond acceptors (Lipinski definition) is 4. The summed E-state index contributed by atoms with van der Waals surface area (Å²) in [6, 6.07) is 8.71. The van der Waals surface area contributed by atoms with Crippen LogP contribution in [-0.4, -0.2) is 17.9 Å². The van der Waals surface area contributed by atoms with Gasteiger partial charge < -0.3 is 15.8 Å². The Bertz CT molecular complexity index is 584. The summed E-state index contributed by atoms with van der Waals surface area (Å²) < 4.78 is 5.67. The summed E-state index contributed by atoms with van der Waals surface area (Å²) in [5.41, 5.74) is 6.65. The summed E-state index contributed by atoms with van der Waals surface area (Å²) in [5.74, 6) is 0.481. The normalized spacial score (nSPS) is 10.2. The van der Waals surface area contributed by atoms with Crippen LogP contribution in [0.1, 0.15) is 15.9 Å². The van der Waals surface area contributed by atoms with Crippen LogP contribution in [0.4, 0.5) is 0 Å². The summed E-state index contributed by atoms with van der Waals surface area (Å²) in [6.07, 6.45) is 3.35. The van der Waals surface area contributed by atoms with Crippen molar-refractivity contribution in [2.45, 2.75) is 6.54 Å². The van der Waals surface area contributed by atoms with Crippen LogP contribution in [0, 0.1) is 0 Å². The highest BCUT2D eigenvalue weighted by atomic mass is 16.5. The van der Waals surface area contributed by atoms with Crippen molar-refractivity contribution in [2.75, 3.05) is 7.05 Å². The number of nitrogens with one attached hydrogen (secondary N) is 1. The molecule has 2 rings (SSSR count). The molecule has 0 saturated carbocycles. The minimum absolute atomic E-state index is 0.349. The molecule has 1 aromatic carbocycles. The third kappa shape index (κ3) is 3.29. The molecule has 2 aromatic rings. The van der Waals surface area contributed by atoms with Crippen molar-refractivity contribution in [1.29, 1.82) is 0 Å². The number of nitrogens with zero attached hydrogens (tertiary/aromatic N) is 1. The van der Waals surface area contributed by atoms with Gasteiger partial charge in [0.15, 0.2) is 0 Å². The van der Waals surface area contributed by atoms with E-state index in [0.29, 0.717) is 23.6 Å². The van der Waals surface area contributed by atoms with E-state index >= 15 is 0 Å². The second-order valence-corrected chi connectivity index (χ2v) is 4.02. The molecule has 3 N–H and O–H groups in total. The topological polar surface area (TPSA) is 77.2 Å². The number of rotatable bonds is 5. The van der Waals surface area contributed by atoms with Crippen molar-refractivity contribution in [3.8, 4) is 11.5 Å². The first kappa shape index (κ1) is 13.0. The quantitative estimate of drug-likeness (QED) is 0.854. The second kappa shape index (κ2) is 5.97. The van der Waals surface area contributed by atoms with E-state index in [1.807, 2.05) is 13.1 Å². The van der Waals surface area contributed by atoms with E-state index in [1.54, 1.807) is 36.7 Å². The highest BCUT2D eigenvalue weighted by Gasteiger charge is 2.09. The van der Waals surface area contributed by atoms with Gasteiger partial charge in [0.1, 0.15) is 11.5 Å². The van der Waals surface area contributed by atoms with Gasteiger partial charge in [-0.3, -0.25) is 9.78 Å². The van der Waals surface area contributed by atoms with Crippen LogP contribution in [0.3, 0.4) is 0 Å². The highest BCUT2D eigenvalue weighted by molar-refractivity contribution is 5.95. The first-order valence-electron chi connectivity index (χ1n) is 5.86. The minimum Gasteiger partial charge on any atom is -0.455 e. The summed E-state index contributed by atoms with van der Waals surface area (Å²) in [7, 11) is 1.86. The number of carbonyl (C=O) groups excluding carboxylic acids is 1. The Balaban J connectivity index is 2.26. The zero-order valence-electron chi connectivity index (χ0n) is 10.6. The van der Waals surface area contributed by atoms with E-state index in [1.165, 1.54) is 0 Å². The number of pyridine rings is 1. The number of carbonyl (C=O) groups is 1. The predicted octanol–water partition coefficient (Wildman–Crippen LogP) is 1.69. The molecule has 0 unspecified atom stereocenters. The van der Waals surface area contributed by atoms with Gasteiger partial charge in [-0.2, -0.15) is 0 Å². The highest BCUT2D eigenvalue weighted by Crippen LogP contribution is 2.24. The Morgan fingerprint density at radius 2 is 2.16 bits per heavy atom. The molecular weight excluding hydrogens is 242 g/mol. The van der Waals surface area contributed by atoms with Gasteiger partial charge in [0.05, 0.1) is 11.8 Å². The molecule has 1 amide bonds. The number of aromatic nitrogens is 1. The lowest BCUT2D eigenvalue weighted by Crippen LogP contribution is -2.12. The van der Waals surface area contributed by atoms with Gasteiger partial charge in [0, 0.05) is 12.7 Å². The number of nitrogens with two attached hydrogens (primary N) is 1. The van der Waals surface area contributed by atoms with E-state index in [4.69, 9.17) is 10.5 Å². The Morgan fingerprint density at radius 1 is 1.37 bits per heavy atom. The first-order valence-corrected chi connectivity index (χ1v) is 5.86. The third-order valence-corrected chi connectivity index (χ3v) is 2.53. The van der Waals surface area contributed by atoms with Crippen LogP contribution in [-0.2, 0) is 6.54 Å². The molecule has 0 fully saturated rings. The molecule has 5 heteroatoms. The van der Waals surface area contributed by atoms with Crippen molar-refractivity contribution >= 4 is 5.91 Å². The summed E-state index contributed by atoms with van der Waals surface area (Å²) >= 11 is 0. The first-order chi connectivity index (χ1) is 9.20. The Hall–Kier alpha value is -2.40. The maximum absolute atomic E-state index is 11.3. The number of ether oxygens (including phenoxy) is 1. The molecule has 0 spiro atoms. The van der Waals surface area contributed by atoms with Crippen LogP contribution in [0.5, 0.6) is 11.5 Å². The summed E-state index contributed by atoms with van der Waals surface area (Å²) in [4.78, 5) is 15.4. The Labute approximate surface area is 111 Å². The average molecular weight is 257 g/mol. The fourth-order valence-electron chi connectivity index (χ4n) is 1.71. The third-order valence-electron chi connectivity index (χ3n) is 2.53. The molecule has 0 saturated heterocycles. The molecule has 0 bridgehead atoms. The van der Waals surface area contributed by atoms with Crippen molar-refractivity contribution in [3.05, 3.63) is 53.9 Å². The number of hydrogen-bond donors (Lipinski definition) is 2. The number of para-hydroxylation sites is 1. The lowest BCUT2D eigenvalue weighted by molar-refractivity contribution is 0.0998. The van der Waals surface area contributed by atoms with Crippen molar-refractivity contribution < 1.29 is 9.53 Å². The zero-order valence-corrected chi connectivity index (χ0v) is 10.6. The van der Waals surface area contributed by atoms with Gasteiger partial charge in [-0.25, -0.2) is 0 Å². The molecule has 0 radical (unpaired) electrons. The Morgan fingerprint density at radius 3 is 2.89 bits per heavy atom. The van der Waals surface area contributed by atoms with Crippen molar-refractivity contribution in [3.63, 3.8) is 0 Å². The number of amides is 1. The molecule has 5 nitrogen and oxygen atoms in total. The molecule has 0 aliphatic heterocycles. The van der Waals surface area contributed by atoms with Crippen molar-refractivity contribution in [2.24, 2.45) is 5.73 Å². The van der Waals surface area contributed by atoms with E-state index in [2.05, 4.69) is 10.3 Å². The van der Waals surface area contributed by atoms with Crippen LogP contribution < -0.4 is 15.8 Å². The van der Waals surface area contributed by atoms with E-state index < -0.39 is 5.91 Å². The SMILES string of the molecule is CNCc1cncc(Oc2ccccc2C(N)=O)c1. The van der Waals surface area contributed by atoms with Gasteiger partial charge >= 0.3 is 0 Å². The lowest BCUT2D eigenvalue weighted by atomic mass is 10.2. The fraction of sp³-hybridized carbons (Fsp3) is 0.143. The largest absolute Gasteiger partial charge is 0.455 e. The van der Waals surface area contributed by atoms with Gasteiger partial charge in [-0.1, -0.05) is 12.1 Å². The number of primary amides is 1. The monoisotopic (exact) mass is 257 g/mol. The van der Waals surface area contributed by atoms with Crippen LogP contribution in [0.2, 0.25) is 0 Å². The van der Waals surface area contributed by atoms with Gasteiger partial charge in [0.2, 0.25) is 0 Å². The fourth-order valence-corrected chi connectivity index (χ4v) is 1.71. The number of benzene rings is 1. The van der Waals surface area contributed by atoms with Gasteiger partial charge in [0.25, 0.3) is 5.91 Å². The maximum Gasteiger partial charge on any atom is 0.252 e. The lowest BCUT2D eigenvalue weighted by Gasteiger charge is -2.09. The molecule has 1 heterocycles. The summed E-state index contributed by atoms with van der Waals surface area (Å²) in [6.45, 7) is 0.696. The van der Waals surface area contributed by atoms with E-state index in [0.717, 1.165) is 5.56 Å². The summed E-state index contributed by atoms with van der Waals surface area (Å²) in [5, 5.41) is 3.04. The van der Waals surface area contributed by atoms with E-state index in [-0.39, 0.29) is 0 Å². The van der Waals surface area contributed by atoms with Gasteiger partial charge in [-0.15, -0.1) is 0 Å². The predicted molar refractivity (Wildman–Crippen MR) is 72.0 cm³/mol. The van der Waals surface area contributed by atoms with Crippen LogP contribution in [0.25, 0.3) is 0 Å². The zero-order chi connectivity index (χ0) is 13.7. The van der Waals surface area contributed by atoms with Crippen LogP contribution in [0.15, 0.2) is 42.7 Å². The van der Waals surface area contributed by atoms with Crippen LogP contribution >= 0.6 is 0 Å². The van der Waals surface area contributed by atoms with Crippen molar-refractivity contribution in [1.82, 2.24) is 10.3 Å². The molecule has 0 aliphatic carbocycles. The molecule has 0 atom stereocenters. The molecule has 0 aliphatic rings. The second-order valence-electron chi connectivity index (χ2n) is 4.02.